The lowest BCUT2D eigenvalue weighted by molar-refractivity contribution is -0.133. The van der Waals surface area contributed by atoms with Crippen molar-refractivity contribution in [2.45, 2.75) is 25.9 Å². The topological polar surface area (TPSA) is 17.1 Å². The number of hydrogen-bond donors (Lipinski definition) is 0. The molecule has 1 nitrogen and oxygen atoms in total. The van der Waals surface area contributed by atoms with Crippen molar-refractivity contribution in [1.82, 2.24) is 0 Å². The summed E-state index contributed by atoms with van der Waals surface area (Å²) in [6, 6.07) is 6.52. The summed E-state index contributed by atoms with van der Waals surface area (Å²) >= 11 is 0. The summed E-state index contributed by atoms with van der Waals surface area (Å²) in [6.07, 6.45) is -5.80. The third-order valence-corrected chi connectivity index (χ3v) is 2.01. The Bertz CT molecular complexity index is 338. The highest BCUT2D eigenvalue weighted by atomic mass is 19.4. The van der Waals surface area contributed by atoms with Gasteiger partial charge in [-0.05, 0) is 6.92 Å². The van der Waals surface area contributed by atoms with Crippen molar-refractivity contribution >= 4 is 5.78 Å². The molecule has 0 aliphatic heterocycles. The summed E-state index contributed by atoms with van der Waals surface area (Å²) in [5.74, 6) is -0.465. The van der Waals surface area contributed by atoms with Crippen LogP contribution >= 0.6 is 0 Å². The molecule has 4 heteroatoms. The second-order valence-corrected chi connectivity index (χ2v) is 3.40. The van der Waals surface area contributed by atoms with E-state index < -0.39 is 24.8 Å². The third kappa shape index (κ3) is 4.14. The first-order valence-electron chi connectivity index (χ1n) is 4.55. The van der Waals surface area contributed by atoms with Gasteiger partial charge in [0.25, 0.3) is 0 Å². The lowest BCUT2D eigenvalue weighted by Crippen LogP contribution is -2.10. The highest BCUT2D eigenvalue weighted by molar-refractivity contribution is 5.96. The van der Waals surface area contributed by atoms with Gasteiger partial charge in [-0.2, -0.15) is 13.2 Å². The van der Waals surface area contributed by atoms with Gasteiger partial charge in [0.15, 0.2) is 5.78 Å². The molecule has 1 aromatic rings. The molecular formula is C11H11F3O. The molecule has 0 fully saturated rings. The molecule has 0 amide bonds. The van der Waals surface area contributed by atoms with Crippen LogP contribution in [0.5, 0.6) is 0 Å². The smallest absolute Gasteiger partial charge is 0.294 e. The van der Waals surface area contributed by atoms with E-state index in [2.05, 4.69) is 0 Å². The number of benzene rings is 1. The fraction of sp³-hybridized carbons (Fsp3) is 0.364. The van der Waals surface area contributed by atoms with Crippen molar-refractivity contribution in [1.29, 1.82) is 0 Å². The summed E-state index contributed by atoms with van der Waals surface area (Å²) < 4.78 is 35.5. The Morgan fingerprint density at radius 2 is 1.73 bits per heavy atom. The van der Waals surface area contributed by atoms with Gasteiger partial charge < -0.3 is 0 Å². The SMILES string of the molecule is Cc1ccc(C(=O)CCC(F)(F)F)cc1. The number of hydrogen-bond acceptors (Lipinski definition) is 1. The van der Waals surface area contributed by atoms with Crippen molar-refractivity contribution < 1.29 is 18.0 Å². The second-order valence-electron chi connectivity index (χ2n) is 3.40. The first-order valence-corrected chi connectivity index (χ1v) is 4.55. The van der Waals surface area contributed by atoms with Gasteiger partial charge in [-0.3, -0.25) is 4.79 Å². The van der Waals surface area contributed by atoms with Crippen LogP contribution in [-0.2, 0) is 0 Å². The van der Waals surface area contributed by atoms with Crippen LogP contribution in [0.2, 0.25) is 0 Å². The Balaban J connectivity index is 2.58. The molecule has 0 atom stereocenters. The normalized spacial score (nSPS) is 11.5. The van der Waals surface area contributed by atoms with E-state index in [4.69, 9.17) is 0 Å². The molecule has 0 unspecified atom stereocenters. The monoisotopic (exact) mass is 216 g/mol. The summed E-state index contributed by atoms with van der Waals surface area (Å²) in [4.78, 5) is 11.3. The molecule has 0 saturated carbocycles. The summed E-state index contributed by atoms with van der Waals surface area (Å²) in [7, 11) is 0. The second kappa shape index (κ2) is 4.47. The molecule has 0 radical (unpaired) electrons. The van der Waals surface area contributed by atoms with Crippen molar-refractivity contribution in [3.8, 4) is 0 Å². The molecule has 0 heterocycles. The van der Waals surface area contributed by atoms with Crippen LogP contribution in [0.3, 0.4) is 0 Å². The highest BCUT2D eigenvalue weighted by Gasteiger charge is 2.27. The maximum Gasteiger partial charge on any atom is 0.389 e. The first-order chi connectivity index (χ1) is 6.88. The fourth-order valence-electron chi connectivity index (χ4n) is 1.14. The standard InChI is InChI=1S/C11H11F3O/c1-8-2-4-9(5-3-8)10(15)6-7-11(12,13)14/h2-5H,6-7H2,1H3. The zero-order valence-corrected chi connectivity index (χ0v) is 8.27. The number of rotatable bonds is 3. The summed E-state index contributed by atoms with van der Waals surface area (Å²) in [6.45, 7) is 1.85. The van der Waals surface area contributed by atoms with E-state index in [1.165, 1.54) is 0 Å². The molecule has 82 valence electrons. The molecule has 0 aliphatic rings. The molecule has 0 N–H and O–H groups in total. The Morgan fingerprint density at radius 3 is 2.20 bits per heavy atom. The Morgan fingerprint density at radius 1 is 1.20 bits per heavy atom. The zero-order chi connectivity index (χ0) is 11.5. The van der Waals surface area contributed by atoms with Crippen LogP contribution in [0, 0.1) is 6.92 Å². The predicted molar refractivity (Wildman–Crippen MR) is 50.8 cm³/mol. The molecule has 0 spiro atoms. The maximum absolute atomic E-state index is 11.8. The number of carbonyl (C=O) groups is 1. The lowest BCUT2D eigenvalue weighted by atomic mass is 10.1. The van der Waals surface area contributed by atoms with Crippen LogP contribution in [0.1, 0.15) is 28.8 Å². The fourth-order valence-corrected chi connectivity index (χ4v) is 1.14. The molecule has 15 heavy (non-hydrogen) atoms. The predicted octanol–water partition coefficient (Wildman–Crippen LogP) is 3.52. The maximum atomic E-state index is 11.8. The van der Waals surface area contributed by atoms with Gasteiger partial charge in [-0.25, -0.2) is 0 Å². The van der Waals surface area contributed by atoms with Gasteiger partial charge in [0.1, 0.15) is 0 Å². The minimum atomic E-state index is -4.26. The minimum absolute atomic E-state index is 0.338. The van der Waals surface area contributed by atoms with Crippen LogP contribution in [0.4, 0.5) is 13.2 Å². The molecule has 0 saturated heterocycles. The summed E-state index contributed by atoms with van der Waals surface area (Å²) in [5.41, 5.74) is 1.31. The van der Waals surface area contributed by atoms with Crippen LogP contribution in [0.25, 0.3) is 0 Å². The lowest BCUT2D eigenvalue weighted by Gasteiger charge is -2.05. The zero-order valence-electron chi connectivity index (χ0n) is 8.27. The number of Topliss-reactive ketones (excluding diaryl/α,β-unsaturated/α-hetero) is 1. The molecular weight excluding hydrogens is 205 g/mol. The van der Waals surface area contributed by atoms with E-state index in [9.17, 15) is 18.0 Å². The number of carbonyl (C=O) groups excluding carboxylic acids is 1. The van der Waals surface area contributed by atoms with E-state index in [0.29, 0.717) is 5.56 Å². The van der Waals surface area contributed by atoms with Gasteiger partial charge in [0.05, 0.1) is 6.42 Å². The van der Waals surface area contributed by atoms with Crippen LogP contribution in [0.15, 0.2) is 24.3 Å². The molecule has 0 bridgehead atoms. The average Bonchev–Trinajstić information content (AvgIpc) is 2.14. The highest BCUT2D eigenvalue weighted by Crippen LogP contribution is 2.22. The van der Waals surface area contributed by atoms with Gasteiger partial charge in [0, 0.05) is 12.0 Å². The number of halogens is 3. The van der Waals surface area contributed by atoms with E-state index in [-0.39, 0.29) is 0 Å². The quantitative estimate of drug-likeness (QED) is 0.706. The number of alkyl halides is 3. The van der Waals surface area contributed by atoms with Gasteiger partial charge in [-0.1, -0.05) is 29.8 Å². The van der Waals surface area contributed by atoms with Crippen molar-refractivity contribution in [2.24, 2.45) is 0 Å². The Kier molecular flexibility index (Phi) is 3.50. The van der Waals surface area contributed by atoms with Crippen molar-refractivity contribution in [3.63, 3.8) is 0 Å². The van der Waals surface area contributed by atoms with E-state index in [1.54, 1.807) is 24.3 Å². The average molecular weight is 216 g/mol. The Hall–Kier alpha value is -1.32. The van der Waals surface area contributed by atoms with Crippen molar-refractivity contribution in [3.05, 3.63) is 35.4 Å². The summed E-state index contributed by atoms with van der Waals surface area (Å²) in [5, 5.41) is 0. The third-order valence-electron chi connectivity index (χ3n) is 2.01. The van der Waals surface area contributed by atoms with Gasteiger partial charge in [0.2, 0.25) is 0 Å². The molecule has 1 aromatic carbocycles. The van der Waals surface area contributed by atoms with Gasteiger partial charge >= 0.3 is 6.18 Å². The van der Waals surface area contributed by atoms with Gasteiger partial charge in [-0.15, -0.1) is 0 Å². The van der Waals surface area contributed by atoms with Crippen LogP contribution in [-0.4, -0.2) is 12.0 Å². The van der Waals surface area contributed by atoms with E-state index in [0.717, 1.165) is 5.56 Å². The van der Waals surface area contributed by atoms with E-state index >= 15 is 0 Å². The Labute approximate surface area is 85.9 Å². The molecule has 0 aromatic heterocycles. The number of aryl methyl sites for hydroxylation is 1. The van der Waals surface area contributed by atoms with Crippen molar-refractivity contribution in [2.75, 3.05) is 0 Å². The van der Waals surface area contributed by atoms with Crippen LogP contribution < -0.4 is 0 Å². The molecule has 0 aliphatic carbocycles. The number of ketones is 1. The van der Waals surface area contributed by atoms with E-state index in [1.807, 2.05) is 6.92 Å². The largest absolute Gasteiger partial charge is 0.389 e. The minimum Gasteiger partial charge on any atom is -0.294 e. The molecule has 1 rings (SSSR count). The first kappa shape index (κ1) is 11.8.